The number of rotatable bonds is 7. The molecular weight excluding hydrogens is 757 g/mol. The molecule has 0 aliphatic carbocycles. The summed E-state index contributed by atoms with van der Waals surface area (Å²) in [6.07, 6.45) is 0. The van der Waals surface area contributed by atoms with Gasteiger partial charge in [0.05, 0.1) is 33.5 Å². The maximum Gasteiger partial charge on any atom is 0.238 e. The van der Waals surface area contributed by atoms with E-state index in [-0.39, 0.29) is 0 Å². The van der Waals surface area contributed by atoms with Gasteiger partial charge in [0.25, 0.3) is 0 Å². The van der Waals surface area contributed by atoms with Gasteiger partial charge in [-0.05, 0) is 47.5 Å². The van der Waals surface area contributed by atoms with Gasteiger partial charge in [0.2, 0.25) is 5.95 Å². The topological polar surface area (TPSA) is 61.4 Å². The highest BCUT2D eigenvalue weighted by Gasteiger charge is 2.23. The zero-order valence-corrected chi connectivity index (χ0v) is 33.5. The lowest BCUT2D eigenvalue weighted by Crippen LogP contribution is -2.07. The molecular formula is C56H36N6. The zero-order chi connectivity index (χ0) is 41.0. The van der Waals surface area contributed by atoms with Crippen LogP contribution in [0.5, 0.6) is 0 Å². The molecule has 8 aromatic carbocycles. The van der Waals surface area contributed by atoms with Gasteiger partial charge in [-0.15, -0.1) is 0 Å². The van der Waals surface area contributed by atoms with E-state index in [1.54, 1.807) is 0 Å². The van der Waals surface area contributed by atoms with Crippen molar-refractivity contribution in [3.63, 3.8) is 0 Å². The molecule has 0 bridgehead atoms. The number of benzene rings is 8. The monoisotopic (exact) mass is 792 g/mol. The van der Waals surface area contributed by atoms with E-state index < -0.39 is 0 Å². The van der Waals surface area contributed by atoms with Crippen molar-refractivity contribution in [1.29, 1.82) is 0 Å². The van der Waals surface area contributed by atoms with Crippen molar-refractivity contribution in [2.75, 3.05) is 0 Å². The second-order valence-electron chi connectivity index (χ2n) is 15.5. The highest BCUT2D eigenvalue weighted by atomic mass is 15.2. The summed E-state index contributed by atoms with van der Waals surface area (Å²) in [6, 6.07) is 76.1. The van der Waals surface area contributed by atoms with E-state index >= 15 is 0 Å². The Morgan fingerprint density at radius 3 is 1.27 bits per heavy atom. The minimum absolute atomic E-state index is 0.547. The number of pyridine rings is 1. The van der Waals surface area contributed by atoms with Crippen LogP contribution in [0.15, 0.2) is 218 Å². The summed E-state index contributed by atoms with van der Waals surface area (Å²) in [5.74, 6) is 1.73. The lowest BCUT2D eigenvalue weighted by atomic mass is 9.99. The smallest absolute Gasteiger partial charge is 0.238 e. The second-order valence-corrected chi connectivity index (χ2v) is 15.5. The van der Waals surface area contributed by atoms with Crippen LogP contribution in [0.3, 0.4) is 0 Å². The number of hydrogen-bond donors (Lipinski definition) is 0. The highest BCUT2D eigenvalue weighted by molar-refractivity contribution is 6.23. The first-order chi connectivity index (χ1) is 30.7. The number of aromatic nitrogens is 6. The van der Waals surface area contributed by atoms with Crippen molar-refractivity contribution < 1.29 is 0 Å². The third kappa shape index (κ3) is 5.96. The molecule has 0 spiro atoms. The molecule has 62 heavy (non-hydrogen) atoms. The van der Waals surface area contributed by atoms with Crippen LogP contribution in [0.1, 0.15) is 0 Å². The minimum Gasteiger partial charge on any atom is -0.307 e. The Labute approximate surface area is 357 Å². The maximum atomic E-state index is 5.36. The zero-order valence-electron chi connectivity index (χ0n) is 33.5. The predicted molar refractivity (Wildman–Crippen MR) is 253 cm³/mol. The molecule has 6 nitrogen and oxygen atoms in total. The summed E-state index contributed by atoms with van der Waals surface area (Å²) < 4.78 is 4.62. The molecule has 0 aliphatic rings. The summed E-state index contributed by atoms with van der Waals surface area (Å²) in [7, 11) is 0. The van der Waals surface area contributed by atoms with Crippen LogP contribution in [-0.2, 0) is 0 Å². The third-order valence-corrected chi connectivity index (χ3v) is 11.8. The van der Waals surface area contributed by atoms with Gasteiger partial charge in [-0.25, -0.2) is 9.97 Å². The van der Waals surface area contributed by atoms with Crippen molar-refractivity contribution in [2.24, 2.45) is 0 Å². The molecule has 6 heteroatoms. The van der Waals surface area contributed by atoms with Crippen LogP contribution in [-0.4, -0.2) is 29.1 Å². The normalized spacial score (nSPS) is 11.5. The van der Waals surface area contributed by atoms with Gasteiger partial charge in [0.15, 0.2) is 11.6 Å². The number of fused-ring (bicyclic) bond motifs is 7. The lowest BCUT2D eigenvalue weighted by Gasteiger charge is -2.13. The third-order valence-electron chi connectivity index (χ3n) is 11.8. The van der Waals surface area contributed by atoms with Crippen molar-refractivity contribution in [3.8, 4) is 68.1 Å². The summed E-state index contributed by atoms with van der Waals surface area (Å²) >= 11 is 0. The molecule has 4 aromatic heterocycles. The number of hydrogen-bond acceptors (Lipinski definition) is 4. The average Bonchev–Trinajstić information content (AvgIpc) is 3.88. The molecule has 0 saturated carbocycles. The van der Waals surface area contributed by atoms with Crippen molar-refractivity contribution in [3.05, 3.63) is 218 Å². The van der Waals surface area contributed by atoms with Crippen LogP contribution >= 0.6 is 0 Å². The largest absolute Gasteiger partial charge is 0.307 e. The molecule has 0 aliphatic heterocycles. The van der Waals surface area contributed by atoms with Gasteiger partial charge < -0.3 is 4.57 Å². The van der Waals surface area contributed by atoms with Crippen LogP contribution in [0.25, 0.3) is 112 Å². The number of nitrogens with zero attached hydrogens (tertiary/aromatic N) is 6. The Hall–Kier alpha value is -8.48. The molecule has 12 aromatic rings. The molecule has 12 rings (SSSR count). The van der Waals surface area contributed by atoms with E-state index in [9.17, 15) is 0 Å². The fraction of sp³-hybridized carbons (Fsp3) is 0. The van der Waals surface area contributed by atoms with Crippen molar-refractivity contribution >= 4 is 43.6 Å². The van der Waals surface area contributed by atoms with Gasteiger partial charge in [0, 0.05) is 49.5 Å². The van der Waals surface area contributed by atoms with E-state index in [0.29, 0.717) is 17.6 Å². The Morgan fingerprint density at radius 1 is 0.274 bits per heavy atom. The molecule has 0 saturated heterocycles. The van der Waals surface area contributed by atoms with Gasteiger partial charge in [-0.3, -0.25) is 4.57 Å². The first-order valence-electron chi connectivity index (χ1n) is 20.8. The molecule has 290 valence electrons. The predicted octanol–water partition coefficient (Wildman–Crippen LogP) is 13.8. The van der Waals surface area contributed by atoms with Crippen LogP contribution in [0, 0.1) is 0 Å². The number of para-hydroxylation sites is 3. The van der Waals surface area contributed by atoms with Crippen molar-refractivity contribution in [1.82, 2.24) is 29.1 Å². The molecule has 0 amide bonds. The summed E-state index contributed by atoms with van der Waals surface area (Å²) in [4.78, 5) is 21.0. The fourth-order valence-corrected chi connectivity index (χ4v) is 8.89. The highest BCUT2D eigenvalue weighted by Crippen LogP contribution is 2.42. The molecule has 0 atom stereocenters. The quantitative estimate of drug-likeness (QED) is 0.161. The lowest BCUT2D eigenvalue weighted by molar-refractivity contribution is 0.953. The van der Waals surface area contributed by atoms with Gasteiger partial charge in [-0.1, -0.05) is 182 Å². The van der Waals surface area contributed by atoms with Gasteiger partial charge in [0.1, 0.15) is 0 Å². The van der Waals surface area contributed by atoms with E-state index in [2.05, 4.69) is 197 Å². The van der Waals surface area contributed by atoms with E-state index in [1.165, 1.54) is 5.39 Å². The average molecular weight is 793 g/mol. The first kappa shape index (κ1) is 35.5. The van der Waals surface area contributed by atoms with E-state index in [1.807, 2.05) is 30.3 Å². The van der Waals surface area contributed by atoms with Crippen LogP contribution < -0.4 is 0 Å². The maximum absolute atomic E-state index is 5.36. The van der Waals surface area contributed by atoms with E-state index in [0.717, 1.165) is 88.7 Å². The van der Waals surface area contributed by atoms with Crippen molar-refractivity contribution in [2.45, 2.75) is 0 Å². The minimum atomic E-state index is 0.547. The van der Waals surface area contributed by atoms with Gasteiger partial charge >= 0.3 is 0 Å². The summed E-state index contributed by atoms with van der Waals surface area (Å²) in [5.41, 5.74) is 13.3. The van der Waals surface area contributed by atoms with Crippen LogP contribution in [0.2, 0.25) is 0 Å². The molecule has 0 N–H and O–H groups in total. The Bertz CT molecular complexity index is 3540. The van der Waals surface area contributed by atoms with Crippen LogP contribution in [0.4, 0.5) is 0 Å². The fourth-order valence-electron chi connectivity index (χ4n) is 8.89. The molecule has 0 radical (unpaired) electrons. The summed E-state index contributed by atoms with van der Waals surface area (Å²) in [6.45, 7) is 0. The molecule has 0 unspecified atom stereocenters. The Morgan fingerprint density at radius 2 is 0.694 bits per heavy atom. The Kier molecular flexibility index (Phi) is 8.38. The Balaban J connectivity index is 1.08. The van der Waals surface area contributed by atoms with Gasteiger partial charge in [-0.2, -0.15) is 9.97 Å². The summed E-state index contributed by atoms with van der Waals surface area (Å²) in [5, 5.41) is 4.60. The SMILES string of the molecule is c1ccc(-c2cc(-c3ccccc3)nc(-c3ccc(-c4nc(-c5ccccc5)nc(-n5c6ccccc6c6ccc7c8ccccc8n(-c8ccccc8)c7c65)n4)cc3)c2)cc1. The van der Waals surface area contributed by atoms with E-state index in [4.69, 9.17) is 19.9 Å². The first-order valence-corrected chi connectivity index (χ1v) is 20.8. The molecule has 4 heterocycles. The standard InChI is InChI=1S/C56H36N6/c1-5-17-37(18-6-1)42-35-48(38-19-7-2-8-20-38)57-49(36-42)39-29-31-41(32-30-39)55-58-54(40-21-9-3-10-22-40)59-56(60-55)62-51-28-16-14-26-45(51)47-34-33-46-44-25-13-15-27-50(44)61(52(46)53(47)62)43-23-11-4-12-24-43/h1-36H. The second kappa shape index (κ2) is 14.7. The molecule has 0 fully saturated rings.